The van der Waals surface area contributed by atoms with Crippen LogP contribution in [0.25, 0.3) is 0 Å². The fraction of sp³-hybridized carbons (Fsp3) is 0.538. The topological polar surface area (TPSA) is 58.2 Å². The van der Waals surface area contributed by atoms with E-state index in [1.807, 2.05) is 11.6 Å². The maximum Gasteiger partial charge on any atom is 0.251 e. The van der Waals surface area contributed by atoms with E-state index in [4.69, 9.17) is 0 Å². The number of benzene rings is 1. The van der Waals surface area contributed by atoms with E-state index < -0.39 is 23.0 Å². The van der Waals surface area contributed by atoms with Crippen LogP contribution in [0.4, 0.5) is 8.78 Å². The van der Waals surface area contributed by atoms with Crippen molar-refractivity contribution in [2.45, 2.75) is 37.6 Å². The molecule has 0 bridgehead atoms. The first-order valence-corrected chi connectivity index (χ1v) is 7.96. The second-order valence-corrected chi connectivity index (χ2v) is 6.25. The van der Waals surface area contributed by atoms with E-state index in [2.05, 4.69) is 12.2 Å². The number of hydrogen-bond acceptors (Lipinski definition) is 3. The number of nitrogens with one attached hydrogen (secondary N) is 2. The highest BCUT2D eigenvalue weighted by molar-refractivity contribution is 7.89. The molecule has 7 heteroatoms. The minimum atomic E-state index is -3.87. The van der Waals surface area contributed by atoms with Crippen LogP contribution in [-0.2, 0) is 10.0 Å². The lowest BCUT2D eigenvalue weighted by Crippen LogP contribution is -2.28. The Morgan fingerprint density at radius 1 is 1.20 bits per heavy atom. The number of sulfonamides is 1. The molecular formula is C13H20F2N2O2S. The molecule has 0 saturated carbocycles. The highest BCUT2D eigenvalue weighted by atomic mass is 32.2. The van der Waals surface area contributed by atoms with Gasteiger partial charge < -0.3 is 5.32 Å². The first-order valence-electron chi connectivity index (χ1n) is 6.48. The lowest BCUT2D eigenvalue weighted by atomic mass is 10.1. The molecule has 0 aliphatic rings. The lowest BCUT2D eigenvalue weighted by molar-refractivity contribution is 0.153. The van der Waals surface area contributed by atoms with E-state index in [9.17, 15) is 17.2 Å². The Hall–Kier alpha value is -1.05. The minimum Gasteiger partial charge on any atom is -0.310 e. The summed E-state index contributed by atoms with van der Waals surface area (Å²) in [5.74, 6) is 0. The van der Waals surface area contributed by atoms with Crippen LogP contribution in [0.1, 0.15) is 31.9 Å². The van der Waals surface area contributed by atoms with Gasteiger partial charge in [-0.2, -0.15) is 0 Å². The average molecular weight is 306 g/mol. The van der Waals surface area contributed by atoms with Crippen LogP contribution in [0.15, 0.2) is 29.2 Å². The zero-order valence-corrected chi connectivity index (χ0v) is 12.4. The SMILES string of the molecule is CCCNC(C)c1ccc(S(=O)(=O)NCC(F)F)cc1. The highest BCUT2D eigenvalue weighted by Crippen LogP contribution is 2.16. The zero-order chi connectivity index (χ0) is 15.2. The molecule has 2 N–H and O–H groups in total. The van der Waals surface area contributed by atoms with Gasteiger partial charge in [0.05, 0.1) is 11.4 Å². The van der Waals surface area contributed by atoms with Crippen LogP contribution in [0.3, 0.4) is 0 Å². The molecule has 0 radical (unpaired) electrons. The predicted molar refractivity (Wildman–Crippen MR) is 74.3 cm³/mol. The Bertz CT molecular complexity index is 504. The third-order valence-corrected chi connectivity index (χ3v) is 4.26. The molecular weight excluding hydrogens is 286 g/mol. The van der Waals surface area contributed by atoms with Crippen molar-refractivity contribution in [2.24, 2.45) is 0 Å². The summed E-state index contributed by atoms with van der Waals surface area (Å²) in [6.07, 6.45) is -1.70. The smallest absolute Gasteiger partial charge is 0.251 e. The van der Waals surface area contributed by atoms with Crippen molar-refractivity contribution in [3.05, 3.63) is 29.8 Å². The van der Waals surface area contributed by atoms with Crippen LogP contribution in [0, 0.1) is 0 Å². The fourth-order valence-corrected chi connectivity index (χ4v) is 2.68. The Morgan fingerprint density at radius 2 is 1.80 bits per heavy atom. The van der Waals surface area contributed by atoms with E-state index in [0.29, 0.717) is 0 Å². The van der Waals surface area contributed by atoms with Gasteiger partial charge in [-0.15, -0.1) is 0 Å². The summed E-state index contributed by atoms with van der Waals surface area (Å²) in [7, 11) is -3.87. The van der Waals surface area contributed by atoms with Gasteiger partial charge in [0.25, 0.3) is 6.43 Å². The maximum absolute atomic E-state index is 12.0. The summed E-state index contributed by atoms with van der Waals surface area (Å²) in [5.41, 5.74) is 0.950. The van der Waals surface area contributed by atoms with Crippen LogP contribution < -0.4 is 10.0 Å². The summed E-state index contributed by atoms with van der Waals surface area (Å²) in [4.78, 5) is -0.00964. The first kappa shape index (κ1) is 17.0. The molecule has 1 rings (SSSR count). The van der Waals surface area contributed by atoms with Gasteiger partial charge in [0.15, 0.2) is 0 Å². The monoisotopic (exact) mass is 306 g/mol. The molecule has 0 aliphatic heterocycles. The Kier molecular flexibility index (Phi) is 6.51. The number of hydrogen-bond donors (Lipinski definition) is 2. The van der Waals surface area contributed by atoms with Gasteiger partial charge in [0.1, 0.15) is 0 Å². The third-order valence-electron chi connectivity index (χ3n) is 2.82. The summed E-state index contributed by atoms with van der Waals surface area (Å²) >= 11 is 0. The number of halogens is 2. The molecule has 20 heavy (non-hydrogen) atoms. The summed E-state index contributed by atoms with van der Waals surface area (Å²) in [5, 5.41) is 3.28. The van der Waals surface area contributed by atoms with Crippen molar-refractivity contribution in [1.82, 2.24) is 10.0 Å². The van der Waals surface area contributed by atoms with E-state index in [0.717, 1.165) is 18.5 Å². The Balaban J connectivity index is 2.75. The molecule has 1 aromatic carbocycles. The molecule has 0 amide bonds. The zero-order valence-electron chi connectivity index (χ0n) is 11.6. The van der Waals surface area contributed by atoms with E-state index in [1.54, 1.807) is 12.1 Å². The molecule has 0 aromatic heterocycles. The lowest BCUT2D eigenvalue weighted by Gasteiger charge is -2.14. The van der Waals surface area contributed by atoms with Crippen molar-refractivity contribution in [3.63, 3.8) is 0 Å². The van der Waals surface area contributed by atoms with Crippen LogP contribution >= 0.6 is 0 Å². The molecule has 4 nitrogen and oxygen atoms in total. The second kappa shape index (κ2) is 7.66. The van der Waals surface area contributed by atoms with Gasteiger partial charge >= 0.3 is 0 Å². The van der Waals surface area contributed by atoms with Crippen LogP contribution in [0.2, 0.25) is 0 Å². The average Bonchev–Trinajstić information content (AvgIpc) is 2.43. The van der Waals surface area contributed by atoms with Crippen LogP contribution in [0.5, 0.6) is 0 Å². The molecule has 1 unspecified atom stereocenters. The quantitative estimate of drug-likeness (QED) is 0.775. The Labute approximate surface area is 118 Å². The molecule has 0 fully saturated rings. The molecule has 0 saturated heterocycles. The second-order valence-electron chi connectivity index (χ2n) is 4.49. The van der Waals surface area contributed by atoms with Gasteiger partial charge in [0, 0.05) is 6.04 Å². The van der Waals surface area contributed by atoms with Crippen molar-refractivity contribution in [2.75, 3.05) is 13.1 Å². The fourth-order valence-electron chi connectivity index (χ4n) is 1.67. The standard InChI is InChI=1S/C13H20F2N2O2S/c1-3-8-16-10(2)11-4-6-12(7-5-11)20(18,19)17-9-13(14)15/h4-7,10,13,16-17H,3,8-9H2,1-2H3. The molecule has 0 spiro atoms. The molecule has 1 atom stereocenters. The molecule has 0 heterocycles. The summed E-state index contributed by atoms with van der Waals surface area (Å²) in [6, 6.07) is 6.33. The van der Waals surface area contributed by atoms with Crippen molar-refractivity contribution in [3.8, 4) is 0 Å². The Morgan fingerprint density at radius 3 is 2.30 bits per heavy atom. The van der Waals surface area contributed by atoms with Crippen molar-refractivity contribution in [1.29, 1.82) is 0 Å². The van der Waals surface area contributed by atoms with Crippen molar-refractivity contribution >= 4 is 10.0 Å². The molecule has 1 aromatic rings. The van der Waals surface area contributed by atoms with Gasteiger partial charge in [-0.05, 0) is 37.6 Å². The number of alkyl halides is 2. The first-order chi connectivity index (χ1) is 9.36. The maximum atomic E-state index is 12.0. The van der Waals surface area contributed by atoms with Gasteiger partial charge in [0.2, 0.25) is 10.0 Å². The largest absolute Gasteiger partial charge is 0.310 e. The van der Waals surface area contributed by atoms with Crippen molar-refractivity contribution < 1.29 is 17.2 Å². The minimum absolute atomic E-state index is 0.00964. The summed E-state index contributed by atoms with van der Waals surface area (Å²) in [6.45, 7) is 4.04. The number of rotatable bonds is 8. The van der Waals surface area contributed by atoms with Crippen LogP contribution in [-0.4, -0.2) is 27.9 Å². The van der Waals surface area contributed by atoms with Gasteiger partial charge in [-0.25, -0.2) is 21.9 Å². The van der Waals surface area contributed by atoms with E-state index >= 15 is 0 Å². The van der Waals surface area contributed by atoms with Gasteiger partial charge in [-0.1, -0.05) is 19.1 Å². The van der Waals surface area contributed by atoms with E-state index in [-0.39, 0.29) is 10.9 Å². The molecule has 114 valence electrons. The third kappa shape index (κ3) is 5.15. The molecule has 0 aliphatic carbocycles. The summed E-state index contributed by atoms with van der Waals surface area (Å²) < 4.78 is 49.4. The predicted octanol–water partition coefficient (Wildman–Crippen LogP) is 2.29. The van der Waals surface area contributed by atoms with E-state index in [1.165, 1.54) is 12.1 Å². The normalized spacial score (nSPS) is 13.7. The van der Waals surface area contributed by atoms with Gasteiger partial charge in [-0.3, -0.25) is 0 Å². The highest BCUT2D eigenvalue weighted by Gasteiger charge is 2.16.